The van der Waals surface area contributed by atoms with Crippen LogP contribution >= 0.6 is 0 Å². The van der Waals surface area contributed by atoms with E-state index < -0.39 is 6.10 Å². The average molecular weight is 958 g/mol. The zero-order valence-electron chi connectivity index (χ0n) is 44.8. The maximum atomic E-state index is 12.9. The number of rotatable bonds is 50. The van der Waals surface area contributed by atoms with Gasteiger partial charge in [-0.15, -0.1) is 0 Å². The van der Waals surface area contributed by atoms with Crippen LogP contribution in [0.15, 0.2) is 109 Å². The summed E-state index contributed by atoms with van der Waals surface area (Å²) in [6, 6.07) is 0. The van der Waals surface area contributed by atoms with E-state index in [0.29, 0.717) is 25.7 Å². The predicted molar refractivity (Wildman–Crippen MR) is 297 cm³/mol. The van der Waals surface area contributed by atoms with Gasteiger partial charge in [-0.3, -0.25) is 14.4 Å². The van der Waals surface area contributed by atoms with Crippen molar-refractivity contribution in [2.24, 2.45) is 0 Å². The molecule has 0 aromatic heterocycles. The quantitative estimate of drug-likeness (QED) is 0.0262. The summed E-state index contributed by atoms with van der Waals surface area (Å²) in [5, 5.41) is 0. The first kappa shape index (κ1) is 65.1. The van der Waals surface area contributed by atoms with E-state index in [1.165, 1.54) is 103 Å². The molecule has 0 saturated carbocycles. The topological polar surface area (TPSA) is 78.9 Å². The molecule has 0 spiro atoms. The van der Waals surface area contributed by atoms with Crippen molar-refractivity contribution >= 4 is 17.9 Å². The molecule has 0 heterocycles. The van der Waals surface area contributed by atoms with E-state index in [1.807, 2.05) is 0 Å². The smallest absolute Gasteiger partial charge is 0.306 e. The van der Waals surface area contributed by atoms with Gasteiger partial charge < -0.3 is 14.2 Å². The lowest BCUT2D eigenvalue weighted by molar-refractivity contribution is -0.167. The number of hydrogen-bond acceptors (Lipinski definition) is 6. The van der Waals surface area contributed by atoms with E-state index in [9.17, 15) is 14.4 Å². The molecule has 1 atom stereocenters. The molecule has 0 saturated heterocycles. The molecule has 0 rings (SSSR count). The lowest BCUT2D eigenvalue weighted by atomic mass is 10.0. The minimum atomic E-state index is -0.818. The Morgan fingerprint density at radius 1 is 0.304 bits per heavy atom. The Hall–Kier alpha value is -3.93. The van der Waals surface area contributed by atoms with Crippen LogP contribution in [-0.2, 0) is 28.6 Å². The number of allylic oxidation sites excluding steroid dienone is 18. The van der Waals surface area contributed by atoms with Crippen LogP contribution in [0.5, 0.6) is 0 Å². The van der Waals surface area contributed by atoms with Crippen LogP contribution in [0, 0.1) is 0 Å². The number of carbonyl (C=O) groups excluding carboxylic acids is 3. The molecule has 6 heteroatoms. The summed E-state index contributed by atoms with van der Waals surface area (Å²) < 4.78 is 16.8. The second-order valence-corrected chi connectivity index (χ2v) is 18.4. The van der Waals surface area contributed by atoms with Crippen molar-refractivity contribution < 1.29 is 28.6 Å². The number of ether oxygens (including phenoxy) is 3. The second kappa shape index (κ2) is 56.7. The second-order valence-electron chi connectivity index (χ2n) is 18.4. The Bertz CT molecular complexity index is 1420. The highest BCUT2D eigenvalue weighted by Gasteiger charge is 2.19. The number of carbonyl (C=O) groups is 3. The van der Waals surface area contributed by atoms with Crippen LogP contribution in [-0.4, -0.2) is 37.2 Å². The summed E-state index contributed by atoms with van der Waals surface area (Å²) >= 11 is 0. The molecule has 0 amide bonds. The highest BCUT2D eigenvalue weighted by atomic mass is 16.6. The van der Waals surface area contributed by atoms with Gasteiger partial charge in [0, 0.05) is 19.3 Å². The zero-order chi connectivity index (χ0) is 50.0. The van der Waals surface area contributed by atoms with Gasteiger partial charge in [-0.05, 0) is 96.3 Å². The molecule has 0 bridgehead atoms. The van der Waals surface area contributed by atoms with Gasteiger partial charge in [0.2, 0.25) is 0 Å². The summed E-state index contributed by atoms with van der Waals surface area (Å²) in [7, 11) is 0. The van der Waals surface area contributed by atoms with Gasteiger partial charge >= 0.3 is 17.9 Å². The first-order chi connectivity index (χ1) is 34.0. The standard InChI is InChI=1S/C63H104O6/c1-4-7-10-13-16-19-22-25-28-30-31-33-36-39-42-45-48-51-54-57-63(66)69-60(58-67-61(64)55-52-49-46-43-40-37-34-27-24-21-18-15-12-9-6-3)59-68-62(65)56-53-50-47-44-41-38-35-32-29-26-23-20-17-14-11-8-5-2/h8-9,11-12,17-18,20-21,26-27,29,34-35,38,40,43-44,47,60H,4-7,10,13-16,19,22-25,28,30-33,36-37,39,41-42,45-46,48-59H2,1-3H3/b11-8-,12-9-,20-17-,21-18-,29-26-,34-27-,38-35-,43-40-,47-44-/t60-/m0/s1. The van der Waals surface area contributed by atoms with Crippen LogP contribution in [0.2, 0.25) is 0 Å². The van der Waals surface area contributed by atoms with Crippen molar-refractivity contribution in [3.8, 4) is 0 Å². The Balaban J connectivity index is 4.51. The summed E-state index contributed by atoms with van der Waals surface area (Å²) in [6.07, 6.45) is 76.6. The van der Waals surface area contributed by atoms with Crippen LogP contribution in [0.3, 0.4) is 0 Å². The highest BCUT2D eigenvalue weighted by molar-refractivity contribution is 5.71. The molecule has 0 aliphatic rings. The molecular formula is C63H104O6. The van der Waals surface area contributed by atoms with Gasteiger partial charge in [0.25, 0.3) is 0 Å². The Labute approximate surface area is 425 Å². The van der Waals surface area contributed by atoms with Gasteiger partial charge in [-0.2, -0.15) is 0 Å². The fraction of sp³-hybridized carbons (Fsp3) is 0.667. The van der Waals surface area contributed by atoms with Crippen LogP contribution in [0.25, 0.3) is 0 Å². The van der Waals surface area contributed by atoms with Crippen LogP contribution in [0.1, 0.15) is 252 Å². The molecular weight excluding hydrogens is 853 g/mol. The van der Waals surface area contributed by atoms with E-state index in [4.69, 9.17) is 14.2 Å². The van der Waals surface area contributed by atoms with Crippen LogP contribution in [0.4, 0.5) is 0 Å². The monoisotopic (exact) mass is 957 g/mol. The maximum absolute atomic E-state index is 12.9. The van der Waals surface area contributed by atoms with Crippen molar-refractivity contribution in [2.75, 3.05) is 13.2 Å². The van der Waals surface area contributed by atoms with Crippen molar-refractivity contribution in [2.45, 2.75) is 258 Å². The largest absolute Gasteiger partial charge is 0.462 e. The van der Waals surface area contributed by atoms with Gasteiger partial charge in [0.05, 0.1) is 0 Å². The molecule has 0 aromatic carbocycles. The maximum Gasteiger partial charge on any atom is 0.306 e. The lowest BCUT2D eigenvalue weighted by Crippen LogP contribution is -2.30. The normalized spacial score (nSPS) is 12.9. The van der Waals surface area contributed by atoms with Gasteiger partial charge in [-0.1, -0.05) is 246 Å². The van der Waals surface area contributed by atoms with Crippen molar-refractivity contribution in [1.82, 2.24) is 0 Å². The molecule has 0 N–H and O–H groups in total. The molecule has 0 fully saturated rings. The zero-order valence-corrected chi connectivity index (χ0v) is 44.8. The van der Waals surface area contributed by atoms with E-state index in [-0.39, 0.29) is 37.5 Å². The van der Waals surface area contributed by atoms with E-state index in [1.54, 1.807) is 0 Å². The highest BCUT2D eigenvalue weighted by Crippen LogP contribution is 2.16. The molecule has 6 nitrogen and oxygen atoms in total. The fourth-order valence-corrected chi connectivity index (χ4v) is 7.59. The predicted octanol–water partition coefficient (Wildman–Crippen LogP) is 19.1. The number of unbranched alkanes of at least 4 members (excludes halogenated alkanes) is 21. The molecule has 0 aromatic rings. The van der Waals surface area contributed by atoms with Crippen molar-refractivity contribution in [1.29, 1.82) is 0 Å². The van der Waals surface area contributed by atoms with E-state index in [2.05, 4.69) is 130 Å². The third kappa shape index (κ3) is 54.9. The minimum absolute atomic E-state index is 0.117. The first-order valence-corrected chi connectivity index (χ1v) is 28.4. The fourth-order valence-electron chi connectivity index (χ4n) is 7.59. The summed E-state index contributed by atoms with van der Waals surface area (Å²) in [4.78, 5) is 38.1. The molecule has 0 radical (unpaired) electrons. The van der Waals surface area contributed by atoms with Crippen molar-refractivity contribution in [3.05, 3.63) is 109 Å². The third-order valence-corrected chi connectivity index (χ3v) is 11.8. The van der Waals surface area contributed by atoms with E-state index >= 15 is 0 Å². The Morgan fingerprint density at radius 3 is 0.942 bits per heavy atom. The molecule has 69 heavy (non-hydrogen) atoms. The number of esters is 3. The lowest BCUT2D eigenvalue weighted by Gasteiger charge is -2.18. The van der Waals surface area contributed by atoms with Gasteiger partial charge in [-0.25, -0.2) is 0 Å². The Kier molecular flexibility index (Phi) is 53.4. The molecule has 0 unspecified atom stereocenters. The molecule has 392 valence electrons. The van der Waals surface area contributed by atoms with Crippen LogP contribution < -0.4 is 0 Å². The summed E-state index contributed by atoms with van der Waals surface area (Å²) in [6.45, 7) is 6.34. The third-order valence-electron chi connectivity index (χ3n) is 11.8. The van der Waals surface area contributed by atoms with Gasteiger partial charge in [0.1, 0.15) is 13.2 Å². The van der Waals surface area contributed by atoms with E-state index in [0.717, 1.165) is 96.3 Å². The van der Waals surface area contributed by atoms with Crippen molar-refractivity contribution in [3.63, 3.8) is 0 Å². The molecule has 0 aliphatic heterocycles. The Morgan fingerprint density at radius 2 is 0.580 bits per heavy atom. The first-order valence-electron chi connectivity index (χ1n) is 28.4. The summed E-state index contributed by atoms with van der Waals surface area (Å²) in [5.74, 6) is -1.01. The number of hydrogen-bond donors (Lipinski definition) is 0. The minimum Gasteiger partial charge on any atom is -0.462 e. The summed E-state index contributed by atoms with van der Waals surface area (Å²) in [5.41, 5.74) is 0. The SMILES string of the molecule is CC/C=C\C/C=C\C/C=C\C/C=C\C/C=C\CCCC(=O)OC[C@H](COC(=O)CCCC/C=C\C/C=C\C/C=C\C/C=C\CC)OC(=O)CCCCCCCCCCCCCCCCCCCCC. The van der Waals surface area contributed by atoms with Gasteiger partial charge in [0.15, 0.2) is 6.10 Å². The average Bonchev–Trinajstić information content (AvgIpc) is 3.35. The molecule has 0 aliphatic carbocycles.